The summed E-state index contributed by atoms with van der Waals surface area (Å²) in [6.45, 7) is 0. The number of hydrogen-bond acceptors (Lipinski definition) is 1. The van der Waals surface area contributed by atoms with Gasteiger partial charge >= 0.3 is 0 Å². The Hall–Kier alpha value is -0.370. The number of aromatic nitrogens is 1. The summed E-state index contributed by atoms with van der Waals surface area (Å²) in [6, 6.07) is 2.12. The molecular weight excluding hydrogens is 130 g/mol. The van der Waals surface area contributed by atoms with Gasteiger partial charge in [0.1, 0.15) is 0 Å². The van der Waals surface area contributed by atoms with Crippen LogP contribution in [0.2, 0.25) is 0 Å². The minimum Gasteiger partial charge on any atom is -0.357 e. The van der Waals surface area contributed by atoms with Gasteiger partial charge in [0.05, 0.1) is 0 Å². The molecule has 0 spiro atoms. The highest BCUT2D eigenvalue weighted by atomic mass is 32.1. The predicted octanol–water partition coefficient (Wildman–Crippen LogP) is 1.50. The largest absolute Gasteiger partial charge is 0.357 e. The number of thiol groups is 1. The Balaban J connectivity index is 2.61. The molecule has 0 N–H and O–H groups in total. The first-order valence-corrected chi connectivity index (χ1v) is 3.68. The molecule has 2 heteroatoms. The highest BCUT2D eigenvalue weighted by Crippen LogP contribution is 2.00. The van der Waals surface area contributed by atoms with E-state index in [1.54, 1.807) is 0 Å². The summed E-state index contributed by atoms with van der Waals surface area (Å²) in [4.78, 5) is 0. The zero-order valence-electron chi connectivity index (χ0n) is 5.54. The summed E-state index contributed by atoms with van der Waals surface area (Å²) in [7, 11) is 2.03. The van der Waals surface area contributed by atoms with Gasteiger partial charge in [-0.05, 0) is 23.8 Å². The van der Waals surface area contributed by atoms with E-state index in [0.717, 1.165) is 12.2 Å². The Morgan fingerprint density at radius 3 is 2.89 bits per heavy atom. The maximum atomic E-state index is 4.13. The van der Waals surface area contributed by atoms with Crippen LogP contribution in [-0.4, -0.2) is 10.3 Å². The van der Waals surface area contributed by atoms with Crippen LogP contribution in [0.4, 0.5) is 0 Å². The van der Waals surface area contributed by atoms with Crippen LogP contribution in [0.3, 0.4) is 0 Å². The second-order valence-corrected chi connectivity index (χ2v) is 2.61. The van der Waals surface area contributed by atoms with Crippen molar-refractivity contribution in [1.29, 1.82) is 0 Å². The molecule has 1 aromatic heterocycles. The first-order chi connectivity index (χ1) is 4.33. The monoisotopic (exact) mass is 141 g/mol. The van der Waals surface area contributed by atoms with Gasteiger partial charge in [-0.25, -0.2) is 0 Å². The van der Waals surface area contributed by atoms with Crippen LogP contribution >= 0.6 is 12.6 Å². The smallest absolute Gasteiger partial charge is 0.0106 e. The van der Waals surface area contributed by atoms with E-state index in [4.69, 9.17) is 0 Å². The molecule has 0 fully saturated rings. The van der Waals surface area contributed by atoms with Crippen LogP contribution in [0.1, 0.15) is 5.56 Å². The number of hydrogen-bond donors (Lipinski definition) is 1. The molecule has 0 amide bonds. The normalized spacial score (nSPS) is 10.0. The molecule has 0 atom stereocenters. The van der Waals surface area contributed by atoms with Crippen molar-refractivity contribution in [2.75, 3.05) is 5.75 Å². The van der Waals surface area contributed by atoms with Crippen LogP contribution in [0.25, 0.3) is 0 Å². The van der Waals surface area contributed by atoms with E-state index < -0.39 is 0 Å². The van der Waals surface area contributed by atoms with Crippen molar-refractivity contribution in [1.82, 2.24) is 4.57 Å². The Morgan fingerprint density at radius 2 is 2.44 bits per heavy atom. The lowest BCUT2D eigenvalue weighted by atomic mass is 10.3. The summed E-state index contributed by atoms with van der Waals surface area (Å²) in [5, 5.41) is 0. The van der Waals surface area contributed by atoms with Gasteiger partial charge in [-0.15, -0.1) is 0 Å². The molecule has 0 aliphatic heterocycles. The van der Waals surface area contributed by atoms with Gasteiger partial charge < -0.3 is 4.57 Å². The van der Waals surface area contributed by atoms with Gasteiger partial charge in [0.2, 0.25) is 0 Å². The van der Waals surface area contributed by atoms with Crippen molar-refractivity contribution in [3.05, 3.63) is 24.0 Å². The third kappa shape index (κ3) is 1.79. The van der Waals surface area contributed by atoms with E-state index in [1.165, 1.54) is 5.56 Å². The summed E-state index contributed by atoms with van der Waals surface area (Å²) < 4.78 is 2.05. The molecule has 1 heterocycles. The lowest BCUT2D eigenvalue weighted by Gasteiger charge is -1.88. The van der Waals surface area contributed by atoms with Crippen molar-refractivity contribution in [2.24, 2.45) is 7.05 Å². The maximum Gasteiger partial charge on any atom is 0.0106 e. The van der Waals surface area contributed by atoms with Gasteiger partial charge in [-0.3, -0.25) is 0 Å². The first-order valence-electron chi connectivity index (χ1n) is 3.04. The Morgan fingerprint density at radius 1 is 1.67 bits per heavy atom. The molecule has 1 rings (SSSR count). The summed E-state index contributed by atoms with van der Waals surface area (Å²) in [5.74, 6) is 0.935. The second kappa shape index (κ2) is 2.97. The van der Waals surface area contributed by atoms with E-state index >= 15 is 0 Å². The predicted molar refractivity (Wildman–Crippen MR) is 43.0 cm³/mol. The third-order valence-electron chi connectivity index (χ3n) is 1.29. The van der Waals surface area contributed by atoms with Gasteiger partial charge in [0.25, 0.3) is 0 Å². The molecule has 0 unspecified atom stereocenters. The van der Waals surface area contributed by atoms with E-state index in [-0.39, 0.29) is 0 Å². The van der Waals surface area contributed by atoms with Crippen molar-refractivity contribution in [2.45, 2.75) is 6.42 Å². The van der Waals surface area contributed by atoms with Crippen LogP contribution in [-0.2, 0) is 13.5 Å². The lowest BCUT2D eigenvalue weighted by molar-refractivity contribution is 0.920. The number of nitrogens with zero attached hydrogens (tertiary/aromatic N) is 1. The van der Waals surface area contributed by atoms with Crippen molar-refractivity contribution in [3.63, 3.8) is 0 Å². The molecule has 0 aliphatic rings. The molecule has 0 saturated heterocycles. The standard InChI is InChI=1S/C7H11NS/c1-8-4-2-7(6-8)3-5-9/h2,4,6,9H,3,5H2,1H3. The van der Waals surface area contributed by atoms with Gasteiger partial charge in [0, 0.05) is 19.4 Å². The Labute approximate surface area is 61.1 Å². The minimum absolute atomic E-state index is 0.935. The van der Waals surface area contributed by atoms with Crippen molar-refractivity contribution < 1.29 is 0 Å². The third-order valence-corrected chi connectivity index (χ3v) is 1.52. The zero-order chi connectivity index (χ0) is 6.69. The molecule has 1 nitrogen and oxygen atoms in total. The Kier molecular flexibility index (Phi) is 2.22. The molecule has 9 heavy (non-hydrogen) atoms. The fourth-order valence-corrected chi connectivity index (χ4v) is 1.10. The summed E-state index contributed by atoms with van der Waals surface area (Å²) in [5.41, 5.74) is 1.37. The van der Waals surface area contributed by atoms with E-state index in [0.29, 0.717) is 0 Å². The summed E-state index contributed by atoms with van der Waals surface area (Å²) in [6.07, 6.45) is 5.25. The maximum absolute atomic E-state index is 4.13. The van der Waals surface area contributed by atoms with E-state index in [1.807, 2.05) is 7.05 Å². The quantitative estimate of drug-likeness (QED) is 0.595. The fraction of sp³-hybridized carbons (Fsp3) is 0.429. The lowest BCUT2D eigenvalue weighted by Crippen LogP contribution is -1.82. The number of rotatable bonds is 2. The molecule has 0 radical (unpaired) electrons. The highest BCUT2D eigenvalue weighted by Gasteiger charge is 1.90. The molecule has 0 saturated carbocycles. The number of aryl methyl sites for hydroxylation is 2. The molecule has 1 aromatic rings. The SMILES string of the molecule is Cn1ccc(CCS)c1. The van der Waals surface area contributed by atoms with Crippen molar-refractivity contribution >= 4 is 12.6 Å². The van der Waals surface area contributed by atoms with Crippen molar-refractivity contribution in [3.8, 4) is 0 Å². The van der Waals surface area contributed by atoms with Crippen LogP contribution in [0.5, 0.6) is 0 Å². The molecule has 0 aromatic carbocycles. The van der Waals surface area contributed by atoms with Gasteiger partial charge in [0.15, 0.2) is 0 Å². The van der Waals surface area contributed by atoms with Gasteiger partial charge in [-0.2, -0.15) is 12.6 Å². The van der Waals surface area contributed by atoms with Crippen LogP contribution in [0, 0.1) is 0 Å². The topological polar surface area (TPSA) is 4.93 Å². The summed E-state index contributed by atoms with van der Waals surface area (Å²) >= 11 is 4.13. The second-order valence-electron chi connectivity index (χ2n) is 2.16. The fourth-order valence-electron chi connectivity index (χ4n) is 0.838. The van der Waals surface area contributed by atoms with E-state index in [9.17, 15) is 0 Å². The molecule has 50 valence electrons. The first kappa shape index (κ1) is 6.75. The zero-order valence-corrected chi connectivity index (χ0v) is 6.44. The average Bonchev–Trinajstić information content (AvgIpc) is 2.17. The van der Waals surface area contributed by atoms with Gasteiger partial charge in [-0.1, -0.05) is 0 Å². The van der Waals surface area contributed by atoms with Crippen LogP contribution < -0.4 is 0 Å². The molecule has 0 aliphatic carbocycles. The molecular formula is C7H11NS. The van der Waals surface area contributed by atoms with E-state index in [2.05, 4.69) is 35.7 Å². The highest BCUT2D eigenvalue weighted by molar-refractivity contribution is 7.80. The molecule has 0 bridgehead atoms. The Bertz CT molecular complexity index is 181. The average molecular weight is 141 g/mol. The minimum atomic E-state index is 0.935. The van der Waals surface area contributed by atoms with Crippen LogP contribution in [0.15, 0.2) is 18.5 Å².